The number of para-hydroxylation sites is 1. The molecule has 0 aliphatic heterocycles. The van der Waals surface area contributed by atoms with E-state index in [9.17, 15) is 24.3 Å². The third kappa shape index (κ3) is 7.82. The number of rotatable bonds is 14. The standard InChI is InChI=1S/C24H31N7O5S/c1-37-7-6-18(24(35)36)30-22(33)19(8-14-11-27-17-5-3-2-4-16(14)17)31-23(34)20(29-21(32)10-25)9-15-12-26-13-28-15/h2-5,11-13,18-20,27H,6-10,25H2,1H3,(H,26,28)(H,29,32)(H,30,33)(H,31,34)(H,35,36). The third-order valence-corrected chi connectivity index (χ3v) is 6.42. The Balaban J connectivity index is 1.85. The molecule has 0 fully saturated rings. The van der Waals surface area contributed by atoms with Crippen LogP contribution < -0.4 is 21.7 Å². The number of amides is 3. The number of hydrogen-bond acceptors (Lipinski definition) is 7. The SMILES string of the molecule is CSCCC(NC(=O)C(Cc1c[nH]c2ccccc12)NC(=O)C(Cc1cnc[nH]1)NC(=O)CN)C(=O)O. The van der Waals surface area contributed by atoms with Gasteiger partial charge < -0.3 is 36.8 Å². The van der Waals surface area contributed by atoms with Crippen molar-refractivity contribution in [1.82, 2.24) is 30.9 Å². The number of carbonyl (C=O) groups is 4. The minimum atomic E-state index is -1.16. The zero-order valence-corrected chi connectivity index (χ0v) is 21.1. The second kappa shape index (κ2) is 13.5. The van der Waals surface area contributed by atoms with E-state index in [1.807, 2.05) is 30.5 Å². The summed E-state index contributed by atoms with van der Waals surface area (Å²) in [4.78, 5) is 60.3. The Kier molecular flexibility index (Phi) is 10.1. The van der Waals surface area contributed by atoms with Crippen molar-refractivity contribution in [1.29, 1.82) is 0 Å². The van der Waals surface area contributed by atoms with Crippen LogP contribution in [-0.4, -0.2) is 80.4 Å². The first-order chi connectivity index (χ1) is 17.8. The highest BCUT2D eigenvalue weighted by Gasteiger charge is 2.30. The largest absolute Gasteiger partial charge is 0.480 e. The van der Waals surface area contributed by atoms with Crippen LogP contribution in [0.2, 0.25) is 0 Å². The predicted octanol–water partition coefficient (Wildman–Crippen LogP) is -0.0730. The molecule has 0 spiro atoms. The Hall–Kier alpha value is -3.84. The summed E-state index contributed by atoms with van der Waals surface area (Å²) in [6.45, 7) is -0.318. The minimum absolute atomic E-state index is 0.0878. The predicted molar refractivity (Wildman–Crippen MR) is 140 cm³/mol. The van der Waals surface area contributed by atoms with Gasteiger partial charge in [-0.2, -0.15) is 11.8 Å². The first kappa shape index (κ1) is 27.7. The Morgan fingerprint density at radius 3 is 2.38 bits per heavy atom. The number of carboxylic acid groups (broad SMARTS) is 1. The molecule has 0 radical (unpaired) electrons. The van der Waals surface area contributed by atoms with Gasteiger partial charge in [-0.3, -0.25) is 14.4 Å². The number of carboxylic acids is 1. The number of nitrogens with two attached hydrogens (primary N) is 1. The number of fused-ring (bicyclic) bond motifs is 1. The lowest BCUT2D eigenvalue weighted by molar-refractivity contribution is -0.142. The summed E-state index contributed by atoms with van der Waals surface area (Å²) in [7, 11) is 0. The molecule has 8 N–H and O–H groups in total. The van der Waals surface area contributed by atoms with Crippen LogP contribution in [0.5, 0.6) is 0 Å². The van der Waals surface area contributed by atoms with Crippen LogP contribution >= 0.6 is 11.8 Å². The Morgan fingerprint density at radius 2 is 1.73 bits per heavy atom. The van der Waals surface area contributed by atoms with E-state index in [2.05, 4.69) is 30.9 Å². The fourth-order valence-corrected chi connectivity index (χ4v) is 4.32. The number of carbonyl (C=O) groups excluding carboxylic acids is 3. The molecule has 3 unspecified atom stereocenters. The second-order valence-electron chi connectivity index (χ2n) is 8.41. The molecule has 0 saturated heterocycles. The normalized spacial score (nSPS) is 13.5. The minimum Gasteiger partial charge on any atom is -0.480 e. The Bertz CT molecular complexity index is 1210. The molecule has 12 nitrogen and oxygen atoms in total. The molecule has 1 aromatic carbocycles. The van der Waals surface area contributed by atoms with Gasteiger partial charge in [0.2, 0.25) is 17.7 Å². The van der Waals surface area contributed by atoms with Crippen LogP contribution in [-0.2, 0) is 32.0 Å². The average Bonchev–Trinajstić information content (AvgIpc) is 3.55. The van der Waals surface area contributed by atoms with Gasteiger partial charge in [-0.25, -0.2) is 9.78 Å². The van der Waals surface area contributed by atoms with Crippen molar-refractivity contribution in [3.63, 3.8) is 0 Å². The van der Waals surface area contributed by atoms with Crippen molar-refractivity contribution in [2.75, 3.05) is 18.6 Å². The van der Waals surface area contributed by atoms with Crippen LogP contribution in [0.3, 0.4) is 0 Å². The number of nitrogens with one attached hydrogen (secondary N) is 5. The molecular formula is C24H31N7O5S. The van der Waals surface area contributed by atoms with Crippen molar-refractivity contribution in [3.05, 3.63) is 54.2 Å². The highest BCUT2D eigenvalue weighted by Crippen LogP contribution is 2.19. The number of aromatic nitrogens is 3. The maximum Gasteiger partial charge on any atom is 0.326 e. The van der Waals surface area contributed by atoms with Gasteiger partial charge in [0.1, 0.15) is 18.1 Å². The van der Waals surface area contributed by atoms with E-state index in [4.69, 9.17) is 5.73 Å². The summed E-state index contributed by atoms with van der Waals surface area (Å²) in [5.74, 6) is -2.43. The number of aromatic amines is 2. The summed E-state index contributed by atoms with van der Waals surface area (Å²) in [5.41, 5.74) is 7.64. The molecule has 0 bridgehead atoms. The van der Waals surface area contributed by atoms with Gasteiger partial charge in [0.15, 0.2) is 0 Å². The number of aliphatic carboxylic acids is 1. The molecule has 0 saturated carbocycles. The zero-order valence-electron chi connectivity index (χ0n) is 20.3. The number of imidazole rings is 1. The zero-order chi connectivity index (χ0) is 26.8. The Labute approximate surface area is 217 Å². The summed E-state index contributed by atoms with van der Waals surface area (Å²) in [5, 5.41) is 18.3. The molecule has 13 heteroatoms. The number of nitrogens with zero attached hydrogens (tertiary/aromatic N) is 1. The van der Waals surface area contributed by atoms with Crippen molar-refractivity contribution in [2.45, 2.75) is 37.4 Å². The number of H-pyrrole nitrogens is 2. The third-order valence-electron chi connectivity index (χ3n) is 5.77. The first-order valence-corrected chi connectivity index (χ1v) is 13.1. The molecule has 0 aliphatic rings. The lowest BCUT2D eigenvalue weighted by atomic mass is 10.0. The van der Waals surface area contributed by atoms with Crippen LogP contribution in [0.15, 0.2) is 43.0 Å². The summed E-state index contributed by atoms with van der Waals surface area (Å²) in [6.07, 6.45) is 6.97. The molecule has 3 amide bonds. The lowest BCUT2D eigenvalue weighted by Crippen LogP contribution is -2.57. The highest BCUT2D eigenvalue weighted by molar-refractivity contribution is 7.98. The first-order valence-electron chi connectivity index (χ1n) is 11.7. The van der Waals surface area contributed by atoms with E-state index < -0.39 is 41.8 Å². The number of benzene rings is 1. The van der Waals surface area contributed by atoms with E-state index in [0.717, 1.165) is 16.5 Å². The number of thioether (sulfide) groups is 1. The molecule has 2 aromatic heterocycles. The second-order valence-corrected chi connectivity index (χ2v) is 9.40. The molecule has 3 rings (SSSR count). The van der Waals surface area contributed by atoms with E-state index in [1.165, 1.54) is 24.3 Å². The molecule has 3 atom stereocenters. The smallest absolute Gasteiger partial charge is 0.326 e. The molecule has 2 heterocycles. The van der Waals surface area contributed by atoms with Crippen LogP contribution in [0.1, 0.15) is 17.7 Å². The van der Waals surface area contributed by atoms with Crippen LogP contribution in [0, 0.1) is 0 Å². The number of hydrogen-bond donors (Lipinski definition) is 7. The molecule has 0 aliphatic carbocycles. The van der Waals surface area contributed by atoms with E-state index in [-0.39, 0.29) is 25.8 Å². The van der Waals surface area contributed by atoms with Gasteiger partial charge in [-0.05, 0) is 30.1 Å². The van der Waals surface area contributed by atoms with Crippen molar-refractivity contribution in [3.8, 4) is 0 Å². The quantitative estimate of drug-likeness (QED) is 0.151. The van der Waals surface area contributed by atoms with Gasteiger partial charge in [0.05, 0.1) is 12.9 Å². The van der Waals surface area contributed by atoms with Gasteiger partial charge >= 0.3 is 5.97 Å². The van der Waals surface area contributed by atoms with Crippen LogP contribution in [0.25, 0.3) is 10.9 Å². The summed E-state index contributed by atoms with van der Waals surface area (Å²) in [6, 6.07) is 4.25. The average molecular weight is 530 g/mol. The van der Waals surface area contributed by atoms with E-state index in [0.29, 0.717) is 11.4 Å². The Morgan fingerprint density at radius 1 is 1.03 bits per heavy atom. The lowest BCUT2D eigenvalue weighted by Gasteiger charge is -2.24. The topological polar surface area (TPSA) is 195 Å². The van der Waals surface area contributed by atoms with E-state index in [1.54, 1.807) is 6.20 Å². The molecule has 198 valence electrons. The van der Waals surface area contributed by atoms with Gasteiger partial charge in [0.25, 0.3) is 0 Å². The molecule has 3 aromatic rings. The van der Waals surface area contributed by atoms with Gasteiger partial charge in [-0.15, -0.1) is 0 Å². The maximum absolute atomic E-state index is 13.3. The van der Waals surface area contributed by atoms with Gasteiger partial charge in [-0.1, -0.05) is 18.2 Å². The van der Waals surface area contributed by atoms with Crippen LogP contribution in [0.4, 0.5) is 0 Å². The fraction of sp³-hybridized carbons (Fsp3) is 0.375. The monoisotopic (exact) mass is 529 g/mol. The van der Waals surface area contributed by atoms with Crippen molar-refractivity contribution >= 4 is 46.4 Å². The fourth-order valence-electron chi connectivity index (χ4n) is 3.85. The van der Waals surface area contributed by atoms with Gasteiger partial charge in [0, 0.05) is 41.8 Å². The van der Waals surface area contributed by atoms with Crippen molar-refractivity contribution in [2.24, 2.45) is 5.73 Å². The molecule has 37 heavy (non-hydrogen) atoms. The highest BCUT2D eigenvalue weighted by atomic mass is 32.2. The van der Waals surface area contributed by atoms with E-state index >= 15 is 0 Å². The summed E-state index contributed by atoms with van der Waals surface area (Å²) >= 11 is 1.47. The van der Waals surface area contributed by atoms with Crippen molar-refractivity contribution < 1.29 is 24.3 Å². The summed E-state index contributed by atoms with van der Waals surface area (Å²) < 4.78 is 0. The maximum atomic E-state index is 13.3. The molecular weight excluding hydrogens is 498 g/mol.